The van der Waals surface area contributed by atoms with Crippen LogP contribution in [0.2, 0.25) is 0 Å². The van der Waals surface area contributed by atoms with E-state index in [4.69, 9.17) is 0 Å². The van der Waals surface area contributed by atoms with Crippen LogP contribution in [0.4, 0.5) is 0 Å². The van der Waals surface area contributed by atoms with Crippen molar-refractivity contribution in [3.8, 4) is 0 Å². The Morgan fingerprint density at radius 2 is 1.87 bits per heavy atom. The molecule has 0 aliphatic carbocycles. The molecule has 1 saturated heterocycles. The number of rotatable bonds is 9. The minimum Gasteiger partial charge on any atom is -0.352 e. The fraction of sp³-hybridized carbons (Fsp3) is 0.615. The quantitative estimate of drug-likeness (QED) is 0.630. The second-order valence-electron chi connectivity index (χ2n) is 9.63. The Morgan fingerprint density at radius 3 is 2.55 bits per heavy atom. The van der Waals surface area contributed by atoms with Crippen molar-refractivity contribution in [1.29, 1.82) is 0 Å². The average molecular weight is 425 g/mol. The van der Waals surface area contributed by atoms with Crippen LogP contribution in [-0.2, 0) is 30.8 Å². The van der Waals surface area contributed by atoms with Gasteiger partial charge in [-0.1, -0.05) is 44.5 Å². The third kappa shape index (κ3) is 6.67. The molecule has 1 amide bonds. The molecule has 170 valence electrons. The van der Waals surface area contributed by atoms with E-state index in [1.54, 1.807) is 0 Å². The van der Waals surface area contributed by atoms with Crippen LogP contribution in [0.15, 0.2) is 24.3 Å². The molecule has 2 aromatic rings. The van der Waals surface area contributed by atoms with E-state index in [-0.39, 0.29) is 5.91 Å². The SMILES string of the molecule is Cc1nn(CC(C)C)c(C)c1CCC(=O)NCc1ccc(CN2CCCCC2C)cc1. The van der Waals surface area contributed by atoms with Crippen molar-refractivity contribution in [2.45, 2.75) is 92.4 Å². The Balaban J connectivity index is 1.45. The van der Waals surface area contributed by atoms with Gasteiger partial charge in [0.2, 0.25) is 5.91 Å². The van der Waals surface area contributed by atoms with Crippen LogP contribution >= 0.6 is 0 Å². The van der Waals surface area contributed by atoms with Gasteiger partial charge in [-0.25, -0.2) is 0 Å². The zero-order valence-corrected chi connectivity index (χ0v) is 20.1. The Bertz CT molecular complexity index is 853. The summed E-state index contributed by atoms with van der Waals surface area (Å²) >= 11 is 0. The maximum Gasteiger partial charge on any atom is 0.220 e. The van der Waals surface area contributed by atoms with Crippen molar-refractivity contribution in [2.75, 3.05) is 6.54 Å². The monoisotopic (exact) mass is 424 g/mol. The van der Waals surface area contributed by atoms with E-state index in [0.29, 0.717) is 24.9 Å². The van der Waals surface area contributed by atoms with Gasteiger partial charge in [-0.05, 0) is 69.2 Å². The number of carbonyl (C=O) groups excluding carboxylic acids is 1. The lowest BCUT2D eigenvalue weighted by molar-refractivity contribution is -0.121. The first kappa shape index (κ1) is 23.5. The summed E-state index contributed by atoms with van der Waals surface area (Å²) in [5.41, 5.74) is 5.96. The van der Waals surface area contributed by atoms with Crippen molar-refractivity contribution >= 4 is 5.91 Å². The van der Waals surface area contributed by atoms with E-state index < -0.39 is 0 Å². The van der Waals surface area contributed by atoms with Crippen molar-refractivity contribution in [2.24, 2.45) is 5.92 Å². The first-order valence-corrected chi connectivity index (χ1v) is 11.9. The summed E-state index contributed by atoms with van der Waals surface area (Å²) in [6.45, 7) is 14.6. The van der Waals surface area contributed by atoms with Gasteiger partial charge in [0.15, 0.2) is 0 Å². The summed E-state index contributed by atoms with van der Waals surface area (Å²) < 4.78 is 2.08. The second kappa shape index (κ2) is 10.9. The molecule has 5 heteroatoms. The van der Waals surface area contributed by atoms with E-state index in [0.717, 1.165) is 30.8 Å². The van der Waals surface area contributed by atoms with E-state index >= 15 is 0 Å². The smallest absolute Gasteiger partial charge is 0.220 e. The predicted molar refractivity (Wildman–Crippen MR) is 127 cm³/mol. The van der Waals surface area contributed by atoms with Crippen LogP contribution in [0.5, 0.6) is 0 Å². The van der Waals surface area contributed by atoms with Gasteiger partial charge in [0.05, 0.1) is 5.69 Å². The highest BCUT2D eigenvalue weighted by molar-refractivity contribution is 5.76. The van der Waals surface area contributed by atoms with Crippen LogP contribution in [-0.4, -0.2) is 33.2 Å². The molecular weight excluding hydrogens is 384 g/mol. The van der Waals surface area contributed by atoms with E-state index in [1.165, 1.54) is 42.6 Å². The molecule has 31 heavy (non-hydrogen) atoms. The molecule has 1 atom stereocenters. The number of amides is 1. The number of aryl methyl sites for hydroxylation is 1. The van der Waals surface area contributed by atoms with Crippen LogP contribution in [0.3, 0.4) is 0 Å². The van der Waals surface area contributed by atoms with E-state index in [2.05, 4.69) is 72.0 Å². The molecule has 1 aliphatic heterocycles. The van der Waals surface area contributed by atoms with Gasteiger partial charge < -0.3 is 5.32 Å². The lowest BCUT2D eigenvalue weighted by Gasteiger charge is -2.33. The number of aromatic nitrogens is 2. The summed E-state index contributed by atoms with van der Waals surface area (Å²) in [5.74, 6) is 0.658. The molecule has 1 aliphatic rings. The van der Waals surface area contributed by atoms with Crippen LogP contribution in [0, 0.1) is 19.8 Å². The number of nitrogens with one attached hydrogen (secondary N) is 1. The Hall–Kier alpha value is -2.14. The van der Waals surface area contributed by atoms with Gasteiger partial charge in [-0.3, -0.25) is 14.4 Å². The molecule has 0 radical (unpaired) electrons. The fourth-order valence-electron chi connectivity index (χ4n) is 4.54. The third-order valence-electron chi connectivity index (χ3n) is 6.51. The second-order valence-corrected chi connectivity index (χ2v) is 9.63. The summed E-state index contributed by atoms with van der Waals surface area (Å²) in [6.07, 6.45) is 5.22. The fourth-order valence-corrected chi connectivity index (χ4v) is 4.54. The van der Waals surface area contributed by atoms with E-state index in [9.17, 15) is 4.79 Å². The Labute approximate surface area is 188 Å². The Morgan fingerprint density at radius 1 is 1.16 bits per heavy atom. The van der Waals surface area contributed by atoms with Crippen molar-refractivity contribution in [3.63, 3.8) is 0 Å². The van der Waals surface area contributed by atoms with E-state index in [1.807, 2.05) is 6.92 Å². The number of hydrogen-bond acceptors (Lipinski definition) is 3. The molecule has 1 aromatic carbocycles. The van der Waals surface area contributed by atoms with Crippen molar-refractivity contribution < 1.29 is 4.79 Å². The molecule has 1 N–H and O–H groups in total. The molecular formula is C26H40N4O. The maximum absolute atomic E-state index is 12.4. The number of likely N-dealkylation sites (tertiary alicyclic amines) is 1. The normalized spacial score (nSPS) is 17.3. The summed E-state index contributed by atoms with van der Waals surface area (Å²) in [7, 11) is 0. The largest absolute Gasteiger partial charge is 0.352 e. The molecule has 0 saturated carbocycles. The molecule has 0 bridgehead atoms. The van der Waals surface area contributed by atoms with Gasteiger partial charge in [0, 0.05) is 37.8 Å². The van der Waals surface area contributed by atoms with Crippen LogP contribution in [0.25, 0.3) is 0 Å². The molecule has 5 nitrogen and oxygen atoms in total. The summed E-state index contributed by atoms with van der Waals surface area (Å²) in [6, 6.07) is 9.39. The number of hydrogen-bond donors (Lipinski definition) is 1. The summed E-state index contributed by atoms with van der Waals surface area (Å²) in [4.78, 5) is 15.0. The van der Waals surface area contributed by atoms with Crippen LogP contribution in [0.1, 0.15) is 74.5 Å². The van der Waals surface area contributed by atoms with Gasteiger partial charge in [0.1, 0.15) is 0 Å². The topological polar surface area (TPSA) is 50.2 Å². The van der Waals surface area contributed by atoms with Crippen molar-refractivity contribution in [1.82, 2.24) is 20.0 Å². The molecule has 2 heterocycles. The predicted octanol–water partition coefficient (Wildman–Crippen LogP) is 4.78. The average Bonchev–Trinajstić information content (AvgIpc) is 2.99. The highest BCUT2D eigenvalue weighted by atomic mass is 16.1. The molecule has 1 aromatic heterocycles. The summed E-state index contributed by atoms with van der Waals surface area (Å²) in [5, 5.41) is 7.74. The maximum atomic E-state index is 12.4. The zero-order valence-electron chi connectivity index (χ0n) is 20.1. The van der Waals surface area contributed by atoms with Crippen molar-refractivity contribution in [3.05, 3.63) is 52.3 Å². The molecule has 0 spiro atoms. The minimum atomic E-state index is 0.0987. The van der Waals surface area contributed by atoms with Gasteiger partial charge in [-0.2, -0.15) is 5.10 Å². The molecule has 1 fully saturated rings. The third-order valence-corrected chi connectivity index (χ3v) is 6.51. The first-order valence-electron chi connectivity index (χ1n) is 11.9. The van der Waals surface area contributed by atoms with Gasteiger partial charge >= 0.3 is 0 Å². The molecule has 1 unspecified atom stereocenters. The van der Waals surface area contributed by atoms with Gasteiger partial charge in [0.25, 0.3) is 0 Å². The standard InChI is InChI=1S/C26H40N4O/c1-19(2)17-30-22(5)25(21(4)28-30)13-14-26(31)27-16-23-9-11-24(12-10-23)18-29-15-7-6-8-20(29)3/h9-12,19-20H,6-8,13-18H2,1-5H3,(H,27,31). The number of benzene rings is 1. The van der Waals surface area contributed by atoms with Crippen LogP contribution < -0.4 is 5.32 Å². The lowest BCUT2D eigenvalue weighted by Crippen LogP contribution is -2.36. The highest BCUT2D eigenvalue weighted by Crippen LogP contribution is 2.19. The number of nitrogens with zero attached hydrogens (tertiary/aromatic N) is 3. The van der Waals surface area contributed by atoms with Gasteiger partial charge in [-0.15, -0.1) is 0 Å². The lowest BCUT2D eigenvalue weighted by atomic mass is 10.0. The highest BCUT2D eigenvalue weighted by Gasteiger charge is 2.18. The Kier molecular flexibility index (Phi) is 8.30. The minimum absolute atomic E-state index is 0.0987. The number of carbonyl (C=O) groups is 1. The first-order chi connectivity index (χ1) is 14.8. The zero-order chi connectivity index (χ0) is 22.4. The molecule has 3 rings (SSSR count). The number of piperidine rings is 1.